The van der Waals surface area contributed by atoms with Crippen LogP contribution in [0, 0.1) is 6.92 Å². The zero-order valence-electron chi connectivity index (χ0n) is 10.1. The van der Waals surface area contributed by atoms with Gasteiger partial charge in [0.2, 0.25) is 0 Å². The molecule has 0 saturated heterocycles. The second-order valence-corrected chi connectivity index (χ2v) is 6.52. The number of aromatic nitrogens is 1. The first-order valence-electron chi connectivity index (χ1n) is 5.39. The minimum atomic E-state index is -3.76. The van der Waals surface area contributed by atoms with Crippen molar-refractivity contribution in [1.82, 2.24) is 4.98 Å². The van der Waals surface area contributed by atoms with Gasteiger partial charge in [-0.2, -0.15) is 0 Å². The Morgan fingerprint density at radius 3 is 2.74 bits per heavy atom. The fourth-order valence-corrected chi connectivity index (χ4v) is 3.27. The molecule has 0 atom stereocenters. The van der Waals surface area contributed by atoms with Crippen LogP contribution in [0.5, 0.6) is 0 Å². The maximum absolute atomic E-state index is 12.3. The summed E-state index contributed by atoms with van der Waals surface area (Å²) in [5, 5.41) is 0. The number of nitrogens with two attached hydrogens (primary N) is 1. The van der Waals surface area contributed by atoms with Crippen molar-refractivity contribution >= 4 is 37.5 Å². The molecule has 0 aliphatic rings. The molecule has 0 bridgehead atoms. The Kier molecular flexibility index (Phi) is 3.77. The van der Waals surface area contributed by atoms with Crippen molar-refractivity contribution in [3.05, 3.63) is 46.6 Å². The molecule has 0 unspecified atom stereocenters. The summed E-state index contributed by atoms with van der Waals surface area (Å²) in [6.45, 7) is 1.77. The number of nitrogens with zero attached hydrogens (tertiary/aromatic N) is 1. The van der Waals surface area contributed by atoms with Gasteiger partial charge in [0.25, 0.3) is 10.0 Å². The number of benzene rings is 1. The second kappa shape index (κ2) is 5.18. The van der Waals surface area contributed by atoms with E-state index in [1.165, 1.54) is 18.3 Å². The summed E-state index contributed by atoms with van der Waals surface area (Å²) >= 11 is 3.23. The number of nitrogens with one attached hydrogen (secondary N) is 1. The Labute approximate surface area is 120 Å². The summed E-state index contributed by atoms with van der Waals surface area (Å²) in [5.41, 5.74) is 6.63. The van der Waals surface area contributed by atoms with Gasteiger partial charge in [-0.3, -0.25) is 4.72 Å². The smallest absolute Gasteiger partial charge is 0.265 e. The standard InChI is InChI=1S/C12H12BrN3O2S/c1-8-3-2-6-15-12(8)16-19(17,18)11-7-9(13)4-5-10(11)14/h2-7H,14H2,1H3,(H,15,16). The second-order valence-electron chi connectivity index (χ2n) is 3.96. The van der Waals surface area contributed by atoms with Gasteiger partial charge in [0.1, 0.15) is 10.7 Å². The first-order chi connectivity index (χ1) is 8.90. The van der Waals surface area contributed by atoms with Crippen LogP contribution in [-0.4, -0.2) is 13.4 Å². The monoisotopic (exact) mass is 341 g/mol. The minimum absolute atomic E-state index is 0.0203. The Morgan fingerprint density at radius 1 is 1.32 bits per heavy atom. The summed E-state index contributed by atoms with van der Waals surface area (Å²) in [6, 6.07) is 8.18. The highest BCUT2D eigenvalue weighted by molar-refractivity contribution is 9.10. The van der Waals surface area contributed by atoms with Crippen LogP contribution in [0.1, 0.15) is 5.56 Å². The molecule has 0 fully saturated rings. The predicted molar refractivity (Wildman–Crippen MR) is 78.3 cm³/mol. The minimum Gasteiger partial charge on any atom is -0.398 e. The topological polar surface area (TPSA) is 85.1 Å². The van der Waals surface area contributed by atoms with Crippen molar-refractivity contribution in [3.8, 4) is 0 Å². The molecule has 19 heavy (non-hydrogen) atoms. The van der Waals surface area contributed by atoms with E-state index in [0.717, 1.165) is 5.56 Å². The van der Waals surface area contributed by atoms with E-state index >= 15 is 0 Å². The molecule has 1 aromatic heterocycles. The summed E-state index contributed by atoms with van der Waals surface area (Å²) in [4.78, 5) is 4.02. The zero-order chi connectivity index (χ0) is 14.0. The van der Waals surface area contributed by atoms with E-state index in [1.54, 1.807) is 25.1 Å². The number of pyridine rings is 1. The lowest BCUT2D eigenvalue weighted by molar-refractivity contribution is 0.601. The Hall–Kier alpha value is -1.60. The Bertz CT molecular complexity index is 717. The van der Waals surface area contributed by atoms with E-state index in [1.807, 2.05) is 0 Å². The predicted octanol–water partition coefficient (Wildman–Crippen LogP) is 2.54. The molecular weight excluding hydrogens is 330 g/mol. The van der Waals surface area contributed by atoms with Gasteiger partial charge in [-0.15, -0.1) is 0 Å². The van der Waals surface area contributed by atoms with E-state index in [4.69, 9.17) is 5.73 Å². The van der Waals surface area contributed by atoms with Crippen LogP contribution in [0.15, 0.2) is 45.9 Å². The molecule has 7 heteroatoms. The lowest BCUT2D eigenvalue weighted by Gasteiger charge is -2.11. The summed E-state index contributed by atoms with van der Waals surface area (Å²) in [7, 11) is -3.76. The van der Waals surface area contributed by atoms with Gasteiger partial charge in [-0.1, -0.05) is 22.0 Å². The van der Waals surface area contributed by atoms with Crippen molar-refractivity contribution in [1.29, 1.82) is 0 Å². The Balaban J connectivity index is 2.44. The Morgan fingerprint density at radius 2 is 2.05 bits per heavy atom. The van der Waals surface area contributed by atoms with Gasteiger partial charge in [-0.25, -0.2) is 13.4 Å². The van der Waals surface area contributed by atoms with Gasteiger partial charge in [0, 0.05) is 10.7 Å². The van der Waals surface area contributed by atoms with Gasteiger partial charge in [-0.05, 0) is 36.8 Å². The van der Waals surface area contributed by atoms with Gasteiger partial charge in [0.05, 0.1) is 5.69 Å². The number of hydrogen-bond acceptors (Lipinski definition) is 4. The fraction of sp³-hybridized carbons (Fsp3) is 0.0833. The largest absolute Gasteiger partial charge is 0.398 e. The number of aryl methyl sites for hydroxylation is 1. The van der Waals surface area contributed by atoms with Gasteiger partial charge < -0.3 is 5.73 Å². The molecule has 0 radical (unpaired) electrons. The van der Waals surface area contributed by atoms with Crippen molar-refractivity contribution in [3.63, 3.8) is 0 Å². The molecule has 5 nitrogen and oxygen atoms in total. The van der Waals surface area contributed by atoms with Crippen molar-refractivity contribution in [2.24, 2.45) is 0 Å². The quantitative estimate of drug-likeness (QED) is 0.840. The highest BCUT2D eigenvalue weighted by atomic mass is 79.9. The van der Waals surface area contributed by atoms with Crippen molar-refractivity contribution < 1.29 is 8.42 Å². The molecule has 2 aromatic rings. The molecule has 0 amide bonds. The SMILES string of the molecule is Cc1cccnc1NS(=O)(=O)c1cc(Br)ccc1N. The van der Waals surface area contributed by atoms with Crippen LogP contribution in [-0.2, 0) is 10.0 Å². The molecule has 0 spiro atoms. The molecule has 0 aliphatic carbocycles. The summed E-state index contributed by atoms with van der Waals surface area (Å²) in [6.07, 6.45) is 1.52. The van der Waals surface area contributed by atoms with E-state index in [0.29, 0.717) is 10.3 Å². The molecule has 3 N–H and O–H groups in total. The lowest BCUT2D eigenvalue weighted by atomic mass is 10.3. The van der Waals surface area contributed by atoms with Gasteiger partial charge in [0.15, 0.2) is 0 Å². The third-order valence-electron chi connectivity index (χ3n) is 2.51. The number of sulfonamides is 1. The number of rotatable bonds is 3. The van der Waals surface area contributed by atoms with Crippen molar-refractivity contribution in [2.75, 3.05) is 10.5 Å². The highest BCUT2D eigenvalue weighted by Gasteiger charge is 2.19. The van der Waals surface area contributed by atoms with E-state index in [-0.39, 0.29) is 10.6 Å². The summed E-state index contributed by atoms with van der Waals surface area (Å²) in [5.74, 6) is 0.293. The number of halogens is 1. The molecular formula is C12H12BrN3O2S. The molecule has 1 aromatic carbocycles. The first-order valence-corrected chi connectivity index (χ1v) is 7.67. The number of anilines is 2. The van der Waals surface area contributed by atoms with Crippen LogP contribution in [0.3, 0.4) is 0 Å². The lowest BCUT2D eigenvalue weighted by Crippen LogP contribution is -2.16. The average molecular weight is 342 g/mol. The maximum Gasteiger partial charge on any atom is 0.265 e. The third kappa shape index (κ3) is 3.05. The average Bonchev–Trinajstić information content (AvgIpc) is 2.35. The highest BCUT2D eigenvalue weighted by Crippen LogP contribution is 2.25. The molecule has 0 aliphatic heterocycles. The number of nitrogen functional groups attached to an aromatic ring is 1. The van der Waals surface area contributed by atoms with Crippen molar-refractivity contribution in [2.45, 2.75) is 11.8 Å². The molecule has 100 valence electrons. The first kappa shape index (κ1) is 13.8. The van der Waals surface area contributed by atoms with Crippen LogP contribution in [0.4, 0.5) is 11.5 Å². The zero-order valence-corrected chi connectivity index (χ0v) is 12.5. The van der Waals surface area contributed by atoms with Crippen LogP contribution < -0.4 is 10.5 Å². The molecule has 2 rings (SSSR count). The molecule has 0 saturated carbocycles. The van der Waals surface area contributed by atoms with Gasteiger partial charge >= 0.3 is 0 Å². The van der Waals surface area contributed by atoms with E-state index in [2.05, 4.69) is 25.6 Å². The van der Waals surface area contributed by atoms with E-state index in [9.17, 15) is 8.42 Å². The van der Waals surface area contributed by atoms with E-state index < -0.39 is 10.0 Å². The van der Waals surface area contributed by atoms with Crippen LogP contribution in [0.2, 0.25) is 0 Å². The van der Waals surface area contributed by atoms with Crippen LogP contribution >= 0.6 is 15.9 Å². The normalized spacial score (nSPS) is 11.3. The fourth-order valence-electron chi connectivity index (χ4n) is 1.52. The maximum atomic E-state index is 12.3. The van der Waals surface area contributed by atoms with Crippen LogP contribution in [0.25, 0.3) is 0 Å². The summed E-state index contributed by atoms with van der Waals surface area (Å²) < 4.78 is 27.6. The number of hydrogen-bond donors (Lipinski definition) is 2. The molecule has 1 heterocycles. The third-order valence-corrected chi connectivity index (χ3v) is 4.39.